The molecule has 2 aromatic rings. The van der Waals surface area contributed by atoms with Gasteiger partial charge in [0.2, 0.25) is 5.91 Å². The van der Waals surface area contributed by atoms with Gasteiger partial charge in [-0.05, 0) is 42.8 Å². The molecule has 1 aliphatic heterocycles. The number of carbonyl (C=O) groups excluding carboxylic acids is 3. The van der Waals surface area contributed by atoms with Gasteiger partial charge in [-0.3, -0.25) is 9.59 Å². The average Bonchev–Trinajstić information content (AvgIpc) is 2.96. The third-order valence-electron chi connectivity index (χ3n) is 4.16. The standard InChI is InChI=1S/C22H21N3O4/c1-3-12-29-18-10-6-16(7-11-18)13-19-21(27)25(22(28)24-19)14-20(26)23-17-8-4-15(2)5-9-17/h3-11,13H,1,12,14H2,2H3,(H,23,26)(H,24,28)/b19-13+. The van der Waals surface area contributed by atoms with Crippen molar-refractivity contribution >= 4 is 29.6 Å². The Balaban J connectivity index is 1.64. The first-order chi connectivity index (χ1) is 14.0. The zero-order valence-corrected chi connectivity index (χ0v) is 16.0. The molecule has 148 valence electrons. The zero-order valence-electron chi connectivity index (χ0n) is 16.0. The molecular weight excluding hydrogens is 370 g/mol. The second kappa shape index (κ2) is 8.88. The van der Waals surface area contributed by atoms with Gasteiger partial charge in [-0.25, -0.2) is 9.69 Å². The second-order valence-electron chi connectivity index (χ2n) is 6.46. The van der Waals surface area contributed by atoms with Crippen LogP contribution < -0.4 is 15.4 Å². The quantitative estimate of drug-likeness (QED) is 0.431. The molecule has 3 rings (SSSR count). The zero-order chi connectivity index (χ0) is 20.8. The highest BCUT2D eigenvalue weighted by Crippen LogP contribution is 2.17. The van der Waals surface area contributed by atoms with Crippen molar-refractivity contribution in [3.63, 3.8) is 0 Å². The van der Waals surface area contributed by atoms with Crippen LogP contribution in [0.2, 0.25) is 0 Å². The van der Waals surface area contributed by atoms with Crippen molar-refractivity contribution in [2.24, 2.45) is 0 Å². The fraction of sp³-hybridized carbons (Fsp3) is 0.136. The number of amides is 4. The second-order valence-corrected chi connectivity index (χ2v) is 6.46. The lowest BCUT2D eigenvalue weighted by Crippen LogP contribution is -2.38. The van der Waals surface area contributed by atoms with Crippen LogP contribution in [0, 0.1) is 6.92 Å². The molecule has 0 saturated carbocycles. The lowest BCUT2D eigenvalue weighted by Gasteiger charge is -2.12. The van der Waals surface area contributed by atoms with Crippen LogP contribution >= 0.6 is 0 Å². The molecule has 7 nitrogen and oxygen atoms in total. The van der Waals surface area contributed by atoms with E-state index in [1.807, 2.05) is 19.1 Å². The van der Waals surface area contributed by atoms with Gasteiger partial charge in [0, 0.05) is 5.69 Å². The van der Waals surface area contributed by atoms with E-state index in [1.165, 1.54) is 0 Å². The number of nitrogens with one attached hydrogen (secondary N) is 2. The molecule has 0 unspecified atom stereocenters. The Morgan fingerprint density at radius 2 is 1.83 bits per heavy atom. The van der Waals surface area contributed by atoms with Crippen LogP contribution in [-0.4, -0.2) is 35.9 Å². The Kier molecular flexibility index (Phi) is 6.09. The SMILES string of the molecule is C=CCOc1ccc(/C=C2/NC(=O)N(CC(=O)Nc3ccc(C)cc3)C2=O)cc1. The van der Waals surface area contributed by atoms with Crippen LogP contribution in [-0.2, 0) is 9.59 Å². The molecule has 0 atom stereocenters. The number of carbonyl (C=O) groups is 3. The van der Waals surface area contributed by atoms with E-state index < -0.39 is 17.8 Å². The molecule has 4 amide bonds. The van der Waals surface area contributed by atoms with Crippen LogP contribution in [0.4, 0.5) is 10.5 Å². The number of anilines is 1. The largest absolute Gasteiger partial charge is 0.490 e. The van der Waals surface area contributed by atoms with E-state index in [1.54, 1.807) is 48.6 Å². The molecule has 2 N–H and O–H groups in total. The summed E-state index contributed by atoms with van der Waals surface area (Å²) < 4.78 is 5.41. The molecule has 1 fully saturated rings. The summed E-state index contributed by atoms with van der Waals surface area (Å²) in [7, 11) is 0. The van der Waals surface area contributed by atoms with Gasteiger partial charge in [-0.2, -0.15) is 0 Å². The van der Waals surface area contributed by atoms with E-state index >= 15 is 0 Å². The van der Waals surface area contributed by atoms with Crippen molar-refractivity contribution in [1.82, 2.24) is 10.2 Å². The number of hydrogen-bond acceptors (Lipinski definition) is 4. The molecule has 0 radical (unpaired) electrons. The molecule has 1 saturated heterocycles. The molecule has 2 aromatic carbocycles. The Morgan fingerprint density at radius 1 is 1.14 bits per heavy atom. The van der Waals surface area contributed by atoms with Gasteiger partial charge >= 0.3 is 6.03 Å². The third kappa shape index (κ3) is 5.10. The molecule has 0 bridgehead atoms. The summed E-state index contributed by atoms with van der Waals surface area (Å²) in [6.45, 7) is 5.55. The minimum absolute atomic E-state index is 0.109. The van der Waals surface area contributed by atoms with E-state index in [2.05, 4.69) is 17.2 Å². The smallest absolute Gasteiger partial charge is 0.329 e. The highest BCUT2D eigenvalue weighted by molar-refractivity contribution is 6.15. The summed E-state index contributed by atoms with van der Waals surface area (Å²) in [6.07, 6.45) is 3.20. The molecular formula is C22H21N3O4. The number of rotatable bonds is 7. The summed E-state index contributed by atoms with van der Waals surface area (Å²) in [5.41, 5.74) is 2.48. The van der Waals surface area contributed by atoms with Gasteiger partial charge in [-0.15, -0.1) is 0 Å². The van der Waals surface area contributed by atoms with Crippen LogP contribution in [0.15, 0.2) is 66.9 Å². The van der Waals surface area contributed by atoms with E-state index in [0.717, 1.165) is 10.5 Å². The molecule has 1 heterocycles. The minimum Gasteiger partial charge on any atom is -0.490 e. The minimum atomic E-state index is -0.633. The number of benzene rings is 2. The topological polar surface area (TPSA) is 87.7 Å². The van der Waals surface area contributed by atoms with E-state index in [-0.39, 0.29) is 12.2 Å². The number of nitrogens with zero attached hydrogens (tertiary/aromatic N) is 1. The van der Waals surface area contributed by atoms with Gasteiger partial charge in [0.25, 0.3) is 5.91 Å². The van der Waals surface area contributed by atoms with Crippen molar-refractivity contribution < 1.29 is 19.1 Å². The van der Waals surface area contributed by atoms with Gasteiger partial charge in [0.1, 0.15) is 24.6 Å². The van der Waals surface area contributed by atoms with Crippen LogP contribution in [0.25, 0.3) is 6.08 Å². The summed E-state index contributed by atoms with van der Waals surface area (Å²) in [5.74, 6) is -0.341. The highest BCUT2D eigenvalue weighted by atomic mass is 16.5. The van der Waals surface area contributed by atoms with E-state index in [4.69, 9.17) is 4.74 Å². The maximum Gasteiger partial charge on any atom is 0.329 e. The molecule has 29 heavy (non-hydrogen) atoms. The maximum absolute atomic E-state index is 12.5. The van der Waals surface area contributed by atoms with E-state index in [9.17, 15) is 14.4 Å². The Morgan fingerprint density at radius 3 is 2.48 bits per heavy atom. The molecule has 1 aliphatic rings. The van der Waals surface area contributed by atoms with Crippen molar-refractivity contribution in [3.8, 4) is 5.75 Å². The average molecular weight is 391 g/mol. The molecule has 0 aromatic heterocycles. The number of urea groups is 1. The lowest BCUT2D eigenvalue weighted by atomic mass is 10.2. The Bertz CT molecular complexity index is 963. The summed E-state index contributed by atoms with van der Waals surface area (Å²) in [5, 5.41) is 5.17. The summed E-state index contributed by atoms with van der Waals surface area (Å²) in [6, 6.07) is 13.6. The van der Waals surface area contributed by atoms with Crippen LogP contribution in [0.5, 0.6) is 5.75 Å². The number of imide groups is 1. The first kappa shape index (κ1) is 19.9. The predicted molar refractivity (Wildman–Crippen MR) is 110 cm³/mol. The fourth-order valence-corrected chi connectivity index (χ4v) is 2.68. The normalized spacial score (nSPS) is 14.7. The number of aryl methyl sites for hydroxylation is 1. The third-order valence-corrected chi connectivity index (χ3v) is 4.16. The van der Waals surface area contributed by atoms with Crippen molar-refractivity contribution in [1.29, 1.82) is 0 Å². The van der Waals surface area contributed by atoms with Crippen molar-refractivity contribution in [3.05, 3.63) is 78.0 Å². The van der Waals surface area contributed by atoms with Gasteiger partial charge in [-0.1, -0.05) is 42.5 Å². The van der Waals surface area contributed by atoms with Crippen LogP contribution in [0.3, 0.4) is 0 Å². The molecule has 7 heteroatoms. The lowest BCUT2D eigenvalue weighted by molar-refractivity contribution is -0.127. The molecule has 0 spiro atoms. The van der Waals surface area contributed by atoms with Gasteiger partial charge < -0.3 is 15.4 Å². The monoisotopic (exact) mass is 391 g/mol. The van der Waals surface area contributed by atoms with Crippen LogP contribution in [0.1, 0.15) is 11.1 Å². The summed E-state index contributed by atoms with van der Waals surface area (Å²) in [4.78, 5) is 37.7. The Hall–Kier alpha value is -3.87. The highest BCUT2D eigenvalue weighted by Gasteiger charge is 2.34. The van der Waals surface area contributed by atoms with Gasteiger partial charge in [0.05, 0.1) is 0 Å². The number of ether oxygens (including phenoxy) is 1. The molecule has 0 aliphatic carbocycles. The summed E-state index contributed by atoms with van der Waals surface area (Å²) >= 11 is 0. The Labute approximate surface area is 168 Å². The van der Waals surface area contributed by atoms with Gasteiger partial charge in [0.15, 0.2) is 0 Å². The number of hydrogen-bond donors (Lipinski definition) is 2. The maximum atomic E-state index is 12.5. The van der Waals surface area contributed by atoms with Crippen molar-refractivity contribution in [2.75, 3.05) is 18.5 Å². The van der Waals surface area contributed by atoms with E-state index in [0.29, 0.717) is 23.6 Å². The first-order valence-electron chi connectivity index (χ1n) is 9.01. The first-order valence-corrected chi connectivity index (χ1v) is 9.01. The van der Waals surface area contributed by atoms with Crippen molar-refractivity contribution in [2.45, 2.75) is 6.92 Å². The predicted octanol–water partition coefficient (Wildman–Crippen LogP) is 3.09. The fourth-order valence-electron chi connectivity index (χ4n) is 2.68.